The average Bonchev–Trinajstić information content (AvgIpc) is 2.38. The Morgan fingerprint density at radius 1 is 1.33 bits per heavy atom. The molecule has 0 aliphatic rings. The van der Waals surface area contributed by atoms with Gasteiger partial charge in [-0.05, 0) is 6.07 Å². The van der Waals surface area contributed by atoms with Crippen molar-refractivity contribution in [2.45, 2.75) is 6.42 Å². The highest BCUT2D eigenvalue weighted by molar-refractivity contribution is 7.80. The predicted octanol–water partition coefficient (Wildman–Crippen LogP) is 0.543. The van der Waals surface area contributed by atoms with Crippen LogP contribution in [0.1, 0.15) is 12.0 Å². The number of thiocarbonyl (C=S) groups is 1. The zero-order valence-electron chi connectivity index (χ0n) is 10.3. The zero-order chi connectivity index (χ0) is 13.2. The van der Waals surface area contributed by atoms with Crippen LogP contribution in [0.25, 0.3) is 0 Å². The molecule has 0 spiro atoms. The van der Waals surface area contributed by atoms with E-state index in [4.69, 9.17) is 32.2 Å². The Balaban J connectivity index is 2.25. The van der Waals surface area contributed by atoms with E-state index in [1.807, 2.05) is 0 Å². The molecule has 7 heteroatoms. The smallest absolute Gasteiger partial charge is 0.243 e. The summed E-state index contributed by atoms with van der Waals surface area (Å²) in [4.78, 5) is 0.247. The number of nitrogens with zero attached hydrogens (tertiary/aromatic N) is 2. The van der Waals surface area contributed by atoms with Gasteiger partial charge in [0.1, 0.15) is 4.99 Å². The van der Waals surface area contributed by atoms with Crippen molar-refractivity contribution in [2.24, 2.45) is 5.73 Å². The number of nitrogens with two attached hydrogens (primary N) is 1. The Morgan fingerprint density at radius 2 is 2.17 bits per heavy atom. The molecule has 18 heavy (non-hydrogen) atoms. The minimum Gasteiger partial charge on any atom is -0.476 e. The highest BCUT2D eigenvalue weighted by atomic mass is 32.1. The maximum Gasteiger partial charge on any atom is 0.243 e. The van der Waals surface area contributed by atoms with Gasteiger partial charge in [-0.15, -0.1) is 5.10 Å². The molecule has 0 saturated heterocycles. The molecule has 0 aliphatic heterocycles. The van der Waals surface area contributed by atoms with Gasteiger partial charge in [0.05, 0.1) is 31.6 Å². The molecule has 1 aromatic rings. The van der Waals surface area contributed by atoms with E-state index < -0.39 is 0 Å². The van der Waals surface area contributed by atoms with Crippen LogP contribution in [0.15, 0.2) is 12.3 Å². The third-order valence-electron chi connectivity index (χ3n) is 2.06. The van der Waals surface area contributed by atoms with Crippen LogP contribution in [0.2, 0.25) is 0 Å². The van der Waals surface area contributed by atoms with Crippen molar-refractivity contribution in [3.05, 3.63) is 17.8 Å². The Hall–Kier alpha value is -1.31. The second-order valence-electron chi connectivity index (χ2n) is 3.42. The number of ether oxygens (including phenoxy) is 3. The van der Waals surface area contributed by atoms with Gasteiger partial charge in [-0.3, -0.25) is 0 Å². The molecule has 1 rings (SSSR count). The van der Waals surface area contributed by atoms with Gasteiger partial charge in [0.15, 0.2) is 0 Å². The molecule has 2 N–H and O–H groups in total. The summed E-state index contributed by atoms with van der Waals surface area (Å²) in [5, 5.41) is 7.58. The second kappa shape index (κ2) is 8.73. The van der Waals surface area contributed by atoms with Gasteiger partial charge in [0.2, 0.25) is 5.88 Å². The summed E-state index contributed by atoms with van der Waals surface area (Å²) in [5.41, 5.74) is 6.14. The lowest BCUT2D eigenvalue weighted by molar-refractivity contribution is 0.0641. The molecule has 0 radical (unpaired) electrons. The van der Waals surface area contributed by atoms with Crippen LogP contribution in [0, 0.1) is 0 Å². The van der Waals surface area contributed by atoms with Crippen molar-refractivity contribution in [1.82, 2.24) is 10.2 Å². The van der Waals surface area contributed by atoms with Crippen LogP contribution in [-0.4, -0.2) is 48.7 Å². The molecule has 0 fully saturated rings. The summed E-state index contributed by atoms with van der Waals surface area (Å²) in [6.45, 7) is 2.25. The molecule has 0 atom stereocenters. The van der Waals surface area contributed by atoms with Crippen molar-refractivity contribution in [2.75, 3.05) is 33.5 Å². The topological polar surface area (TPSA) is 79.5 Å². The third kappa shape index (κ3) is 5.35. The highest BCUT2D eigenvalue weighted by Gasteiger charge is 2.07. The van der Waals surface area contributed by atoms with E-state index in [2.05, 4.69) is 10.2 Å². The summed E-state index contributed by atoms with van der Waals surface area (Å²) >= 11 is 4.89. The second-order valence-corrected chi connectivity index (χ2v) is 3.86. The summed E-state index contributed by atoms with van der Waals surface area (Å²) in [6.07, 6.45) is 2.27. The first-order chi connectivity index (χ1) is 8.75. The van der Waals surface area contributed by atoms with E-state index in [0.717, 1.165) is 6.42 Å². The maximum atomic E-state index is 5.54. The van der Waals surface area contributed by atoms with Crippen LogP contribution >= 0.6 is 12.2 Å². The summed E-state index contributed by atoms with van der Waals surface area (Å²) in [7, 11) is 1.64. The van der Waals surface area contributed by atoms with E-state index in [1.165, 1.54) is 6.20 Å². The first kappa shape index (κ1) is 14.7. The first-order valence-electron chi connectivity index (χ1n) is 5.56. The fourth-order valence-electron chi connectivity index (χ4n) is 1.19. The quantitative estimate of drug-likeness (QED) is 0.518. The van der Waals surface area contributed by atoms with Gasteiger partial charge in [-0.2, -0.15) is 5.10 Å². The van der Waals surface area contributed by atoms with E-state index >= 15 is 0 Å². The lowest BCUT2D eigenvalue weighted by atomic mass is 10.3. The molecule has 1 aromatic heterocycles. The Morgan fingerprint density at radius 3 is 2.89 bits per heavy atom. The Labute approximate surface area is 111 Å². The van der Waals surface area contributed by atoms with Crippen LogP contribution in [0.3, 0.4) is 0 Å². The van der Waals surface area contributed by atoms with Gasteiger partial charge in [-0.1, -0.05) is 12.2 Å². The zero-order valence-corrected chi connectivity index (χ0v) is 11.1. The molecule has 100 valence electrons. The van der Waals surface area contributed by atoms with E-state index in [-0.39, 0.29) is 4.99 Å². The number of hydrogen-bond donors (Lipinski definition) is 1. The monoisotopic (exact) mass is 271 g/mol. The predicted molar refractivity (Wildman–Crippen MR) is 70.7 cm³/mol. The first-order valence-corrected chi connectivity index (χ1v) is 5.97. The molecule has 6 nitrogen and oxygen atoms in total. The Kier molecular flexibility index (Phi) is 7.16. The maximum absolute atomic E-state index is 5.54. The summed E-state index contributed by atoms with van der Waals surface area (Å²) in [5.74, 6) is 0.363. The third-order valence-corrected chi connectivity index (χ3v) is 2.28. The molecular weight excluding hydrogens is 254 g/mol. The standard InChI is InChI=1S/C11H17N3O3S/c1-15-7-8-16-5-2-6-17-11-9(10(12)18)3-4-13-14-11/h3-4H,2,5-8H2,1H3,(H2,12,18). The fraction of sp³-hybridized carbons (Fsp3) is 0.545. The molecule has 0 saturated carbocycles. The lowest BCUT2D eigenvalue weighted by Crippen LogP contribution is -2.14. The van der Waals surface area contributed by atoms with Crippen LogP contribution in [0.4, 0.5) is 0 Å². The van der Waals surface area contributed by atoms with Crippen LogP contribution in [0.5, 0.6) is 5.88 Å². The molecule has 0 aliphatic carbocycles. The number of hydrogen-bond acceptors (Lipinski definition) is 6. The normalized spacial score (nSPS) is 10.3. The molecule has 0 amide bonds. The lowest BCUT2D eigenvalue weighted by Gasteiger charge is -2.08. The number of methoxy groups -OCH3 is 1. The molecule has 0 unspecified atom stereocenters. The fourth-order valence-corrected chi connectivity index (χ4v) is 1.34. The average molecular weight is 271 g/mol. The van der Waals surface area contributed by atoms with E-state index in [9.17, 15) is 0 Å². The van der Waals surface area contributed by atoms with E-state index in [0.29, 0.717) is 37.9 Å². The van der Waals surface area contributed by atoms with Gasteiger partial charge in [0.25, 0.3) is 0 Å². The molecular formula is C11H17N3O3S. The van der Waals surface area contributed by atoms with E-state index in [1.54, 1.807) is 13.2 Å². The van der Waals surface area contributed by atoms with Crippen molar-refractivity contribution < 1.29 is 14.2 Å². The van der Waals surface area contributed by atoms with Crippen molar-refractivity contribution in [1.29, 1.82) is 0 Å². The highest BCUT2D eigenvalue weighted by Crippen LogP contribution is 2.12. The van der Waals surface area contributed by atoms with Crippen molar-refractivity contribution >= 4 is 17.2 Å². The minimum atomic E-state index is 0.247. The van der Waals surface area contributed by atoms with Crippen molar-refractivity contribution in [3.63, 3.8) is 0 Å². The SMILES string of the molecule is COCCOCCCOc1nnccc1C(N)=S. The summed E-state index contributed by atoms with van der Waals surface area (Å²) < 4.78 is 15.6. The molecule has 0 bridgehead atoms. The minimum absolute atomic E-state index is 0.247. The number of rotatable bonds is 9. The van der Waals surface area contributed by atoms with Crippen LogP contribution in [-0.2, 0) is 9.47 Å². The molecule has 1 heterocycles. The van der Waals surface area contributed by atoms with Gasteiger partial charge < -0.3 is 19.9 Å². The van der Waals surface area contributed by atoms with Gasteiger partial charge >= 0.3 is 0 Å². The largest absolute Gasteiger partial charge is 0.476 e. The van der Waals surface area contributed by atoms with Gasteiger partial charge in [0, 0.05) is 20.1 Å². The van der Waals surface area contributed by atoms with Crippen LogP contribution < -0.4 is 10.5 Å². The Bertz CT molecular complexity index is 376. The summed E-state index contributed by atoms with van der Waals surface area (Å²) in [6, 6.07) is 1.68. The number of aromatic nitrogens is 2. The molecule has 0 aromatic carbocycles. The van der Waals surface area contributed by atoms with Gasteiger partial charge in [-0.25, -0.2) is 0 Å². The van der Waals surface area contributed by atoms with Crippen molar-refractivity contribution in [3.8, 4) is 5.88 Å².